The van der Waals surface area contributed by atoms with Crippen LogP contribution in [0, 0.1) is 0 Å². The van der Waals surface area contributed by atoms with Crippen LogP contribution in [0.5, 0.6) is 0 Å². The molecular weight excluding hydrogens is 488 g/mol. The summed E-state index contributed by atoms with van der Waals surface area (Å²) in [6.45, 7) is 21.3. The molecule has 1 rings (SSSR count). The van der Waals surface area contributed by atoms with Gasteiger partial charge in [-0.2, -0.15) is 0 Å². The second kappa shape index (κ2) is 12.3. The predicted octanol–water partition coefficient (Wildman–Crippen LogP) is 7.07. The summed E-state index contributed by atoms with van der Waals surface area (Å²) < 4.78 is 22.6. The Labute approximate surface area is 227 Å². The molecule has 0 spiro atoms. The standard InChI is InChI=1S/C30H46O8/c1-13-27(5,6)35-23(31)19-17-21(25(33)37-29(9,10)15-3)22(26(34)38-30(11,12)16-4)18-20(19)24(32)36-28(7,8)14-2/h17-18H,13-16H2,1-12H3. The van der Waals surface area contributed by atoms with E-state index in [-0.39, 0.29) is 22.3 Å². The van der Waals surface area contributed by atoms with Gasteiger partial charge in [-0.1, -0.05) is 27.7 Å². The van der Waals surface area contributed by atoms with E-state index in [9.17, 15) is 19.2 Å². The lowest BCUT2D eigenvalue weighted by atomic mass is 9.96. The molecule has 0 atom stereocenters. The molecule has 0 saturated heterocycles. The molecule has 1 aromatic rings. The summed E-state index contributed by atoms with van der Waals surface area (Å²) in [7, 11) is 0. The number of hydrogen-bond donors (Lipinski definition) is 0. The van der Waals surface area contributed by atoms with Gasteiger partial charge in [0.15, 0.2) is 0 Å². The molecule has 8 nitrogen and oxygen atoms in total. The van der Waals surface area contributed by atoms with Gasteiger partial charge < -0.3 is 18.9 Å². The number of carbonyl (C=O) groups excluding carboxylic acids is 4. The van der Waals surface area contributed by atoms with Crippen molar-refractivity contribution in [1.29, 1.82) is 0 Å². The van der Waals surface area contributed by atoms with Crippen LogP contribution in [-0.4, -0.2) is 46.3 Å². The lowest BCUT2D eigenvalue weighted by Gasteiger charge is -2.28. The molecule has 0 aliphatic rings. The topological polar surface area (TPSA) is 105 Å². The van der Waals surface area contributed by atoms with Crippen molar-refractivity contribution in [3.8, 4) is 0 Å². The minimum atomic E-state index is -0.839. The molecule has 0 saturated carbocycles. The molecule has 1 aromatic carbocycles. The molecule has 8 heteroatoms. The summed E-state index contributed by atoms with van der Waals surface area (Å²) in [5.74, 6) is -3.29. The Morgan fingerprint density at radius 1 is 0.447 bits per heavy atom. The molecule has 0 bridgehead atoms. The van der Waals surface area contributed by atoms with Gasteiger partial charge in [-0.3, -0.25) is 0 Å². The summed E-state index contributed by atoms with van der Waals surface area (Å²) in [5.41, 5.74) is -4.15. The van der Waals surface area contributed by atoms with E-state index >= 15 is 0 Å². The zero-order valence-electron chi connectivity index (χ0n) is 25.2. The van der Waals surface area contributed by atoms with Crippen LogP contribution < -0.4 is 0 Å². The lowest BCUT2D eigenvalue weighted by molar-refractivity contribution is -0.00878. The number of hydrogen-bond acceptors (Lipinski definition) is 8. The summed E-state index contributed by atoms with van der Waals surface area (Å²) >= 11 is 0. The van der Waals surface area contributed by atoms with Gasteiger partial charge in [0.25, 0.3) is 0 Å². The van der Waals surface area contributed by atoms with Crippen LogP contribution in [0.15, 0.2) is 12.1 Å². The van der Waals surface area contributed by atoms with Gasteiger partial charge in [0, 0.05) is 0 Å². The molecule has 0 heterocycles. The third-order valence-corrected chi connectivity index (χ3v) is 6.92. The highest BCUT2D eigenvalue weighted by molar-refractivity contribution is 6.10. The van der Waals surface area contributed by atoms with Gasteiger partial charge in [0.2, 0.25) is 0 Å². The molecule has 0 unspecified atom stereocenters. The summed E-state index contributed by atoms with van der Waals surface area (Å²) in [6.07, 6.45) is 2.05. The van der Waals surface area contributed by atoms with Gasteiger partial charge in [-0.25, -0.2) is 19.2 Å². The molecular formula is C30H46O8. The normalized spacial score (nSPS) is 12.5. The first kappa shape index (κ1) is 33.1. The number of ether oxygens (including phenoxy) is 4. The van der Waals surface area contributed by atoms with E-state index in [1.807, 2.05) is 27.7 Å². The summed E-state index contributed by atoms with van der Waals surface area (Å²) in [4.78, 5) is 53.4. The van der Waals surface area contributed by atoms with Gasteiger partial charge in [-0.05, 0) is 93.2 Å². The predicted molar refractivity (Wildman–Crippen MR) is 146 cm³/mol. The lowest BCUT2D eigenvalue weighted by Crippen LogP contribution is -2.33. The highest BCUT2D eigenvalue weighted by atomic mass is 16.6. The Hall–Kier alpha value is -2.90. The van der Waals surface area contributed by atoms with Crippen LogP contribution in [0.25, 0.3) is 0 Å². The zero-order valence-corrected chi connectivity index (χ0v) is 25.2. The van der Waals surface area contributed by atoms with E-state index in [1.165, 1.54) is 12.1 Å². The van der Waals surface area contributed by atoms with E-state index in [2.05, 4.69) is 0 Å². The summed E-state index contributed by atoms with van der Waals surface area (Å²) in [5, 5.41) is 0. The average molecular weight is 535 g/mol. The van der Waals surface area contributed by atoms with Gasteiger partial charge in [-0.15, -0.1) is 0 Å². The fourth-order valence-corrected chi connectivity index (χ4v) is 2.79. The second-order valence-electron chi connectivity index (χ2n) is 12.0. The van der Waals surface area contributed by atoms with Crippen molar-refractivity contribution in [2.75, 3.05) is 0 Å². The maximum atomic E-state index is 13.4. The molecule has 0 aromatic heterocycles. The Morgan fingerprint density at radius 2 is 0.605 bits per heavy atom. The van der Waals surface area contributed by atoms with Crippen LogP contribution in [0.3, 0.4) is 0 Å². The van der Waals surface area contributed by atoms with Crippen molar-refractivity contribution < 1.29 is 38.1 Å². The molecule has 38 heavy (non-hydrogen) atoms. The summed E-state index contributed by atoms with van der Waals surface area (Å²) in [6, 6.07) is 2.35. The van der Waals surface area contributed by atoms with Crippen LogP contribution in [-0.2, 0) is 18.9 Å². The molecule has 0 fully saturated rings. The molecule has 0 radical (unpaired) electrons. The van der Waals surface area contributed by atoms with E-state index in [0.717, 1.165) is 0 Å². The van der Waals surface area contributed by atoms with Crippen LogP contribution in [0.1, 0.15) is 150 Å². The van der Waals surface area contributed by atoms with Crippen molar-refractivity contribution in [2.45, 2.75) is 131 Å². The van der Waals surface area contributed by atoms with E-state index in [0.29, 0.717) is 25.7 Å². The monoisotopic (exact) mass is 534 g/mol. The van der Waals surface area contributed by atoms with E-state index < -0.39 is 46.3 Å². The Balaban J connectivity index is 3.93. The molecule has 0 aliphatic carbocycles. The van der Waals surface area contributed by atoms with Crippen LogP contribution >= 0.6 is 0 Å². The smallest absolute Gasteiger partial charge is 0.339 e. The van der Waals surface area contributed by atoms with Crippen LogP contribution in [0.4, 0.5) is 0 Å². The van der Waals surface area contributed by atoms with E-state index in [1.54, 1.807) is 55.4 Å². The zero-order chi connectivity index (χ0) is 29.7. The first-order valence-corrected chi connectivity index (χ1v) is 13.3. The third-order valence-electron chi connectivity index (χ3n) is 6.92. The van der Waals surface area contributed by atoms with Crippen molar-refractivity contribution >= 4 is 23.9 Å². The largest absolute Gasteiger partial charge is 0.456 e. The van der Waals surface area contributed by atoms with Crippen molar-refractivity contribution in [3.05, 3.63) is 34.4 Å². The van der Waals surface area contributed by atoms with Crippen molar-refractivity contribution in [1.82, 2.24) is 0 Å². The number of rotatable bonds is 12. The maximum absolute atomic E-state index is 13.4. The minimum absolute atomic E-state index is 0.198. The van der Waals surface area contributed by atoms with Gasteiger partial charge >= 0.3 is 23.9 Å². The molecule has 214 valence electrons. The highest BCUT2D eigenvalue weighted by Gasteiger charge is 2.35. The first-order chi connectivity index (χ1) is 17.2. The first-order valence-electron chi connectivity index (χ1n) is 13.3. The number of benzene rings is 1. The van der Waals surface area contributed by atoms with Gasteiger partial charge in [0.1, 0.15) is 22.4 Å². The molecule has 0 N–H and O–H groups in total. The Kier molecular flexibility index (Phi) is 10.7. The minimum Gasteiger partial charge on any atom is -0.456 e. The maximum Gasteiger partial charge on any atom is 0.339 e. The third kappa shape index (κ3) is 9.14. The molecule has 0 amide bonds. The highest BCUT2D eigenvalue weighted by Crippen LogP contribution is 2.29. The molecule has 0 aliphatic heterocycles. The average Bonchev–Trinajstić information content (AvgIpc) is 2.82. The Bertz CT molecular complexity index is 884. The Morgan fingerprint density at radius 3 is 0.737 bits per heavy atom. The quantitative estimate of drug-likeness (QED) is 0.207. The SMILES string of the molecule is CCC(C)(C)OC(=O)c1cc(C(=O)OC(C)(C)CC)c(C(=O)OC(C)(C)CC)cc1C(=O)OC(C)(C)CC. The van der Waals surface area contributed by atoms with Gasteiger partial charge in [0.05, 0.1) is 22.3 Å². The number of esters is 4. The number of carbonyl (C=O) groups is 4. The van der Waals surface area contributed by atoms with Crippen LogP contribution in [0.2, 0.25) is 0 Å². The fraction of sp³-hybridized carbons (Fsp3) is 0.667. The fourth-order valence-electron chi connectivity index (χ4n) is 2.79. The second-order valence-corrected chi connectivity index (χ2v) is 12.0. The van der Waals surface area contributed by atoms with Crippen molar-refractivity contribution in [3.63, 3.8) is 0 Å². The van der Waals surface area contributed by atoms with E-state index in [4.69, 9.17) is 18.9 Å². The van der Waals surface area contributed by atoms with Crippen molar-refractivity contribution in [2.24, 2.45) is 0 Å².